The van der Waals surface area contributed by atoms with Crippen molar-refractivity contribution >= 4 is 46.7 Å². The zero-order chi connectivity index (χ0) is 40.6. The van der Waals surface area contributed by atoms with Crippen LogP contribution in [0, 0.1) is 23.0 Å². The lowest BCUT2D eigenvalue weighted by Gasteiger charge is -2.41. The Morgan fingerprint density at radius 3 is 2.49 bits per heavy atom. The van der Waals surface area contributed by atoms with Crippen LogP contribution in [-0.2, 0) is 39.8 Å². The number of aryl methyl sites for hydroxylation is 1. The van der Waals surface area contributed by atoms with Crippen LogP contribution in [0.1, 0.15) is 68.4 Å². The third-order valence-electron chi connectivity index (χ3n) is 11.0. The predicted molar refractivity (Wildman–Crippen MR) is 203 cm³/mol. The van der Waals surface area contributed by atoms with Gasteiger partial charge in [0.25, 0.3) is 11.6 Å². The summed E-state index contributed by atoms with van der Waals surface area (Å²) in [4.78, 5) is 67.3. The first-order valence-electron chi connectivity index (χ1n) is 18.0. The van der Waals surface area contributed by atoms with E-state index in [1.54, 1.807) is 33.0 Å². The maximum atomic E-state index is 14.1. The van der Waals surface area contributed by atoms with Crippen LogP contribution in [0.3, 0.4) is 0 Å². The second-order valence-corrected chi connectivity index (χ2v) is 15.4. The number of carbonyl (C=O) groups is 4. The fraction of sp³-hybridized carbons (Fsp3) is 0.500. The number of nitro benzene ring substituents is 1. The van der Waals surface area contributed by atoms with E-state index in [4.69, 9.17) is 30.5 Å². The quantitative estimate of drug-likeness (QED) is 0.174. The maximum Gasteiger partial charge on any atom is 0.328 e. The third-order valence-corrected chi connectivity index (χ3v) is 11.5. The number of nitrogens with zero attached hydrogens (tertiary/aromatic N) is 3. The van der Waals surface area contributed by atoms with Gasteiger partial charge in [0.2, 0.25) is 5.91 Å². The molecule has 14 nitrogen and oxygen atoms in total. The monoisotopic (exact) mass is 781 g/mol. The van der Waals surface area contributed by atoms with E-state index in [9.17, 15) is 34.4 Å². The van der Waals surface area contributed by atoms with Crippen molar-refractivity contribution in [2.45, 2.75) is 102 Å². The van der Waals surface area contributed by atoms with Crippen LogP contribution >= 0.6 is 11.6 Å². The lowest BCUT2D eigenvalue weighted by molar-refractivity contribution is -0.384. The highest BCUT2D eigenvalue weighted by molar-refractivity contribution is 6.34. The zero-order valence-corrected chi connectivity index (χ0v) is 33.0. The van der Waals surface area contributed by atoms with Crippen molar-refractivity contribution in [2.75, 3.05) is 26.1 Å². The zero-order valence-electron chi connectivity index (χ0n) is 32.2. The van der Waals surface area contributed by atoms with Gasteiger partial charge in [0.1, 0.15) is 35.6 Å². The molecule has 0 radical (unpaired) electrons. The van der Waals surface area contributed by atoms with Gasteiger partial charge in [-0.1, -0.05) is 48.4 Å². The Bertz CT molecular complexity index is 1920. The number of allylic oxidation sites excluding steroid dienone is 3. The minimum Gasteiger partial charge on any atom is -0.462 e. The first kappa shape index (κ1) is 41.5. The summed E-state index contributed by atoms with van der Waals surface area (Å²) in [6, 6.07) is 7.60. The van der Waals surface area contributed by atoms with E-state index in [1.165, 1.54) is 50.2 Å². The number of nitro groups is 1. The molecule has 2 aromatic rings. The van der Waals surface area contributed by atoms with Crippen molar-refractivity contribution in [2.24, 2.45) is 5.92 Å². The summed E-state index contributed by atoms with van der Waals surface area (Å²) in [5.74, 6) is -2.98. The SMILES string of the molecule is CO[C@@H]1/C=C/C=C(\C)Cc2cc(C)c(Cl)c(c2)N(C)C(=O)C[C@H](OC(=O)[C@H](C)N(C)C(=O)c2ccc([N+](=O)[O-])cc2)[C@]2(C)O[C@H]2[C@H](C)[C@@H]2C[C@@]1(O)CC(=O)O2. The Labute approximate surface area is 325 Å². The number of carbonyl (C=O) groups excluding carboxylic acids is 4. The van der Waals surface area contributed by atoms with E-state index in [0.29, 0.717) is 17.1 Å². The molecule has 2 aromatic carbocycles. The fourth-order valence-electron chi connectivity index (χ4n) is 7.40. The van der Waals surface area contributed by atoms with E-state index < -0.39 is 76.3 Å². The van der Waals surface area contributed by atoms with Crippen molar-refractivity contribution in [3.05, 3.63) is 92.0 Å². The highest BCUT2D eigenvalue weighted by Crippen LogP contribution is 2.49. The number of rotatable bonds is 6. The van der Waals surface area contributed by atoms with E-state index in [1.807, 2.05) is 32.1 Å². The molecule has 4 bridgehead atoms. The number of fused-ring (bicyclic) bond motifs is 5. The summed E-state index contributed by atoms with van der Waals surface area (Å²) in [7, 11) is 4.44. The number of hydrogen-bond donors (Lipinski definition) is 1. The number of esters is 2. The molecule has 3 aliphatic heterocycles. The number of aliphatic hydroxyl groups is 1. The van der Waals surface area contributed by atoms with E-state index >= 15 is 0 Å². The Hall–Kier alpha value is -4.63. The van der Waals surface area contributed by atoms with Crippen LogP contribution in [0.25, 0.3) is 0 Å². The normalized spacial score (nSPS) is 30.5. The average Bonchev–Trinajstić information content (AvgIpc) is 3.84. The number of hydrogen-bond acceptors (Lipinski definition) is 11. The fourth-order valence-corrected chi connectivity index (χ4v) is 7.63. The van der Waals surface area contributed by atoms with Gasteiger partial charge >= 0.3 is 11.9 Å². The van der Waals surface area contributed by atoms with Gasteiger partial charge in [0.05, 0.1) is 34.6 Å². The summed E-state index contributed by atoms with van der Waals surface area (Å²) >= 11 is 6.77. The van der Waals surface area contributed by atoms with Crippen LogP contribution < -0.4 is 4.90 Å². The molecule has 2 amide bonds. The highest BCUT2D eigenvalue weighted by Gasteiger charge is 2.64. The Morgan fingerprint density at radius 1 is 1.18 bits per heavy atom. The Kier molecular flexibility index (Phi) is 12.3. The molecule has 3 heterocycles. The molecule has 5 rings (SSSR count). The van der Waals surface area contributed by atoms with Crippen molar-refractivity contribution in [1.29, 1.82) is 0 Å². The minimum absolute atomic E-state index is 0.0315. The second-order valence-electron chi connectivity index (χ2n) is 15.0. The second kappa shape index (κ2) is 16.2. The van der Waals surface area contributed by atoms with Crippen LogP contribution in [0.2, 0.25) is 5.02 Å². The van der Waals surface area contributed by atoms with Crippen molar-refractivity contribution in [3.8, 4) is 0 Å². The molecular weight excluding hydrogens is 734 g/mol. The molecule has 2 saturated heterocycles. The van der Waals surface area contributed by atoms with Crippen LogP contribution in [0.15, 0.2) is 60.2 Å². The van der Waals surface area contributed by atoms with E-state index in [2.05, 4.69) is 0 Å². The van der Waals surface area contributed by atoms with Gasteiger partial charge in [0, 0.05) is 51.2 Å². The highest BCUT2D eigenvalue weighted by atomic mass is 35.5. The van der Waals surface area contributed by atoms with Crippen molar-refractivity contribution < 1.29 is 48.2 Å². The number of non-ortho nitro benzene ring substituents is 1. The van der Waals surface area contributed by atoms with Crippen LogP contribution in [-0.4, -0.2) is 102 Å². The molecule has 0 aliphatic carbocycles. The summed E-state index contributed by atoms with van der Waals surface area (Å²) in [6.07, 6.45) is 1.78. The molecule has 0 spiro atoms. The van der Waals surface area contributed by atoms with Gasteiger partial charge in [-0.15, -0.1) is 0 Å². The molecule has 296 valence electrons. The van der Waals surface area contributed by atoms with Gasteiger partial charge in [-0.2, -0.15) is 0 Å². The number of epoxide rings is 1. The molecule has 55 heavy (non-hydrogen) atoms. The van der Waals surface area contributed by atoms with Gasteiger partial charge in [-0.3, -0.25) is 24.5 Å². The average molecular weight is 782 g/mol. The van der Waals surface area contributed by atoms with Crippen molar-refractivity contribution in [3.63, 3.8) is 0 Å². The van der Waals surface area contributed by atoms with Gasteiger partial charge in [-0.25, -0.2) is 4.79 Å². The number of methoxy groups -OCH3 is 1. The molecule has 3 aliphatic rings. The van der Waals surface area contributed by atoms with Crippen LogP contribution in [0.5, 0.6) is 0 Å². The molecule has 15 heteroatoms. The third kappa shape index (κ3) is 8.77. The number of halogens is 1. The number of likely N-dealkylation sites (N-methyl/N-ethyl adjacent to an activating group) is 1. The molecule has 8 atom stereocenters. The predicted octanol–water partition coefficient (Wildman–Crippen LogP) is 5.29. The molecule has 2 fully saturated rings. The Morgan fingerprint density at radius 2 is 1.85 bits per heavy atom. The van der Waals surface area contributed by atoms with Gasteiger partial charge < -0.3 is 33.9 Å². The standard InChI is InChI=1S/C40H48ClN3O11/c1-22-10-9-11-31(52-8)40(49)20-30(53-34(46)21-40)24(3)36-39(5,55-36)32(19-33(45)43(7)29-18-26(16-22)17-23(2)35(29)41)54-38(48)25(4)42(6)37(47)27-12-14-28(15-13-27)44(50)51/h9-15,17-18,24-25,30-32,36,49H,16,19-21H2,1-8H3/b11-9+,22-10+/t24-,25+,30+,31-,32+,36+,39+,40-/m1/s1. The first-order chi connectivity index (χ1) is 25.8. The lowest BCUT2D eigenvalue weighted by Crippen LogP contribution is -2.53. The molecular formula is C40H48ClN3O11. The number of ether oxygens (including phenoxy) is 4. The van der Waals surface area contributed by atoms with Crippen molar-refractivity contribution in [1.82, 2.24) is 4.90 Å². The van der Waals surface area contributed by atoms with Crippen LogP contribution in [0.4, 0.5) is 11.4 Å². The number of amides is 2. The topological polar surface area (TPSA) is 178 Å². The minimum atomic E-state index is -1.60. The smallest absolute Gasteiger partial charge is 0.328 e. The summed E-state index contributed by atoms with van der Waals surface area (Å²) < 4.78 is 23.8. The Balaban J connectivity index is 1.49. The van der Waals surface area contributed by atoms with Gasteiger partial charge in [0.15, 0.2) is 0 Å². The van der Waals surface area contributed by atoms with Gasteiger partial charge in [-0.05, 0) is 63.4 Å². The first-order valence-corrected chi connectivity index (χ1v) is 18.4. The molecule has 1 N–H and O–H groups in total. The van der Waals surface area contributed by atoms with E-state index in [-0.39, 0.29) is 30.5 Å². The molecule has 0 aromatic heterocycles. The number of benzene rings is 2. The lowest BCUT2D eigenvalue weighted by atomic mass is 9.78. The maximum absolute atomic E-state index is 14.1. The van der Waals surface area contributed by atoms with E-state index in [0.717, 1.165) is 21.6 Å². The number of anilines is 1. The summed E-state index contributed by atoms with van der Waals surface area (Å²) in [5, 5.41) is 23.3. The summed E-state index contributed by atoms with van der Waals surface area (Å²) in [6.45, 7) is 8.75. The molecule has 0 saturated carbocycles. The largest absolute Gasteiger partial charge is 0.462 e. The molecule has 0 unspecified atom stereocenters. The summed E-state index contributed by atoms with van der Waals surface area (Å²) in [5.41, 5.74) is 0.155.